The third-order valence-corrected chi connectivity index (χ3v) is 4.35. The molecule has 1 rings (SSSR count). The van der Waals surface area contributed by atoms with Gasteiger partial charge in [0.15, 0.2) is 0 Å². The summed E-state index contributed by atoms with van der Waals surface area (Å²) >= 11 is 1.67. The zero-order valence-electron chi connectivity index (χ0n) is 12.3. The predicted octanol–water partition coefficient (Wildman–Crippen LogP) is 3.71. The van der Waals surface area contributed by atoms with Gasteiger partial charge in [0.2, 0.25) is 0 Å². The summed E-state index contributed by atoms with van der Waals surface area (Å²) in [5.74, 6) is -0.911. The van der Waals surface area contributed by atoms with Crippen molar-refractivity contribution in [3.05, 3.63) is 28.0 Å². The average molecular weight is 281 g/mol. The lowest BCUT2D eigenvalue weighted by Crippen LogP contribution is -2.38. The van der Waals surface area contributed by atoms with Crippen LogP contribution in [0.1, 0.15) is 38.1 Å². The molecule has 0 amide bonds. The molecule has 19 heavy (non-hydrogen) atoms. The number of aliphatic carboxylic acids is 1. The Bertz CT molecular complexity index is 457. The summed E-state index contributed by atoms with van der Waals surface area (Å²) in [6.45, 7) is 9.85. The summed E-state index contributed by atoms with van der Waals surface area (Å²) in [6, 6.07) is 2.53. The van der Waals surface area contributed by atoms with Crippen molar-refractivity contribution in [2.75, 3.05) is 7.05 Å². The fourth-order valence-corrected chi connectivity index (χ4v) is 2.70. The summed E-state index contributed by atoms with van der Waals surface area (Å²) in [6.07, 6.45) is 2.81. The quantitative estimate of drug-likeness (QED) is 0.836. The second kappa shape index (κ2) is 6.35. The minimum absolute atomic E-state index is 0.248. The van der Waals surface area contributed by atoms with E-state index in [1.807, 2.05) is 5.38 Å². The van der Waals surface area contributed by atoms with Crippen LogP contribution >= 0.6 is 11.3 Å². The number of carboxylic acid groups (broad SMARTS) is 1. The van der Waals surface area contributed by atoms with E-state index >= 15 is 0 Å². The molecule has 106 valence electrons. The molecule has 0 radical (unpaired) electrons. The summed E-state index contributed by atoms with van der Waals surface area (Å²) < 4.78 is 0. The van der Waals surface area contributed by atoms with Crippen molar-refractivity contribution >= 4 is 23.4 Å². The molecule has 3 nitrogen and oxygen atoms in total. The van der Waals surface area contributed by atoms with Crippen molar-refractivity contribution in [3.8, 4) is 0 Å². The smallest absolute Gasteiger partial charge is 0.328 e. The Morgan fingerprint density at radius 3 is 2.68 bits per heavy atom. The molecule has 1 aromatic rings. The Morgan fingerprint density at radius 2 is 2.16 bits per heavy atom. The second-order valence-corrected chi connectivity index (χ2v) is 6.97. The maximum atomic E-state index is 10.5. The second-order valence-electron chi connectivity index (χ2n) is 5.98. The highest BCUT2D eigenvalue weighted by atomic mass is 32.1. The van der Waals surface area contributed by atoms with Gasteiger partial charge >= 0.3 is 5.97 Å². The molecule has 1 aromatic heterocycles. The number of nitrogens with zero attached hydrogens (tertiary/aromatic N) is 1. The average Bonchev–Trinajstić information content (AvgIpc) is 2.71. The van der Waals surface area contributed by atoms with E-state index in [1.54, 1.807) is 17.4 Å². The van der Waals surface area contributed by atoms with Crippen molar-refractivity contribution in [1.82, 2.24) is 4.90 Å². The lowest BCUT2D eigenvalue weighted by Gasteiger charge is -2.35. The van der Waals surface area contributed by atoms with Gasteiger partial charge in [0, 0.05) is 23.5 Å². The largest absolute Gasteiger partial charge is 0.478 e. The van der Waals surface area contributed by atoms with E-state index in [9.17, 15) is 4.79 Å². The molecule has 0 aromatic carbocycles. The molecule has 0 fully saturated rings. The van der Waals surface area contributed by atoms with Crippen molar-refractivity contribution in [2.45, 2.75) is 40.3 Å². The molecule has 0 spiro atoms. The van der Waals surface area contributed by atoms with Crippen LogP contribution in [0.5, 0.6) is 0 Å². The fraction of sp³-hybridized carbons (Fsp3) is 0.533. The van der Waals surface area contributed by atoms with Gasteiger partial charge in [-0.2, -0.15) is 0 Å². The summed E-state index contributed by atoms with van der Waals surface area (Å²) in [4.78, 5) is 14.0. The van der Waals surface area contributed by atoms with E-state index in [0.29, 0.717) is 6.04 Å². The number of thiophene rings is 1. The van der Waals surface area contributed by atoms with Gasteiger partial charge in [0.25, 0.3) is 0 Å². The molecule has 1 unspecified atom stereocenters. The molecule has 1 atom stereocenters. The molecule has 0 aliphatic carbocycles. The van der Waals surface area contributed by atoms with Crippen molar-refractivity contribution in [1.29, 1.82) is 0 Å². The minimum Gasteiger partial charge on any atom is -0.478 e. The summed E-state index contributed by atoms with van der Waals surface area (Å²) in [5.41, 5.74) is 1.21. The van der Waals surface area contributed by atoms with E-state index in [-0.39, 0.29) is 5.41 Å². The van der Waals surface area contributed by atoms with Crippen LogP contribution in [-0.4, -0.2) is 29.1 Å². The first-order valence-electron chi connectivity index (χ1n) is 6.39. The fourth-order valence-electron chi connectivity index (χ4n) is 1.78. The molecular weight excluding hydrogens is 258 g/mol. The molecule has 4 heteroatoms. The third-order valence-electron chi connectivity index (χ3n) is 3.41. The number of carbonyl (C=O) groups is 1. The van der Waals surface area contributed by atoms with Crippen LogP contribution in [-0.2, 0) is 11.3 Å². The van der Waals surface area contributed by atoms with Gasteiger partial charge in [-0.05, 0) is 42.5 Å². The Labute approximate surface area is 119 Å². The maximum Gasteiger partial charge on any atom is 0.328 e. The van der Waals surface area contributed by atoms with Gasteiger partial charge in [-0.15, -0.1) is 11.3 Å². The highest BCUT2D eigenvalue weighted by Crippen LogP contribution is 2.25. The lowest BCUT2D eigenvalue weighted by atomic mass is 9.87. The van der Waals surface area contributed by atoms with Gasteiger partial charge in [0.1, 0.15) is 0 Å². The molecule has 0 saturated heterocycles. The van der Waals surface area contributed by atoms with Gasteiger partial charge in [0.05, 0.1) is 0 Å². The van der Waals surface area contributed by atoms with E-state index < -0.39 is 5.97 Å². The Hall–Kier alpha value is -1.13. The highest BCUT2D eigenvalue weighted by Gasteiger charge is 2.23. The molecule has 0 saturated carbocycles. The Morgan fingerprint density at radius 1 is 1.53 bits per heavy atom. The van der Waals surface area contributed by atoms with Crippen LogP contribution in [0.25, 0.3) is 6.08 Å². The molecular formula is C15H23NO2S. The lowest BCUT2D eigenvalue weighted by molar-refractivity contribution is -0.131. The Kier molecular flexibility index (Phi) is 5.32. The summed E-state index contributed by atoms with van der Waals surface area (Å²) in [7, 11) is 2.13. The van der Waals surface area contributed by atoms with E-state index in [0.717, 1.165) is 12.1 Å². The first-order valence-corrected chi connectivity index (χ1v) is 7.27. The van der Waals surface area contributed by atoms with Crippen molar-refractivity contribution < 1.29 is 9.90 Å². The van der Waals surface area contributed by atoms with E-state index in [4.69, 9.17) is 5.11 Å². The van der Waals surface area contributed by atoms with Crippen LogP contribution in [0, 0.1) is 5.41 Å². The molecule has 0 bridgehead atoms. The number of rotatable bonds is 5. The minimum atomic E-state index is -0.911. The monoisotopic (exact) mass is 281 g/mol. The normalized spacial score (nSPS) is 14.2. The van der Waals surface area contributed by atoms with Gasteiger partial charge in [-0.3, -0.25) is 4.90 Å². The van der Waals surface area contributed by atoms with Crippen LogP contribution in [0.4, 0.5) is 0 Å². The van der Waals surface area contributed by atoms with Crippen LogP contribution in [0.3, 0.4) is 0 Å². The molecule has 1 N–H and O–H groups in total. The topological polar surface area (TPSA) is 40.5 Å². The van der Waals surface area contributed by atoms with Crippen LogP contribution < -0.4 is 0 Å². The van der Waals surface area contributed by atoms with Gasteiger partial charge in [-0.25, -0.2) is 4.79 Å². The van der Waals surface area contributed by atoms with E-state index in [1.165, 1.54) is 11.0 Å². The molecule has 0 aliphatic heterocycles. The number of hydrogen-bond acceptors (Lipinski definition) is 3. The SMILES string of the molecule is CC(N(C)Cc1cc(C=CC(=O)O)cs1)C(C)(C)C. The van der Waals surface area contributed by atoms with Gasteiger partial charge in [-0.1, -0.05) is 20.8 Å². The van der Waals surface area contributed by atoms with Crippen molar-refractivity contribution in [3.63, 3.8) is 0 Å². The highest BCUT2D eigenvalue weighted by molar-refractivity contribution is 7.10. The molecule has 0 aliphatic rings. The van der Waals surface area contributed by atoms with Crippen LogP contribution in [0.15, 0.2) is 17.5 Å². The predicted molar refractivity (Wildman–Crippen MR) is 81.4 cm³/mol. The van der Waals surface area contributed by atoms with Crippen LogP contribution in [0.2, 0.25) is 0 Å². The van der Waals surface area contributed by atoms with E-state index in [2.05, 4.69) is 45.7 Å². The maximum absolute atomic E-state index is 10.5. The summed E-state index contributed by atoms with van der Waals surface area (Å²) in [5, 5.41) is 10.6. The zero-order chi connectivity index (χ0) is 14.6. The first-order chi connectivity index (χ1) is 8.70. The molecule has 1 heterocycles. The standard InChI is InChI=1S/C15H23NO2S/c1-11(15(2,3)4)16(5)9-13-8-12(10-19-13)6-7-14(17)18/h6-8,10-11H,9H2,1-5H3,(H,17,18). The Balaban J connectivity index is 2.66. The number of carboxylic acids is 1. The zero-order valence-corrected chi connectivity index (χ0v) is 13.1. The third kappa shape index (κ3) is 5.17. The number of hydrogen-bond donors (Lipinski definition) is 1. The van der Waals surface area contributed by atoms with Gasteiger partial charge < -0.3 is 5.11 Å². The van der Waals surface area contributed by atoms with Crippen molar-refractivity contribution in [2.24, 2.45) is 5.41 Å². The first kappa shape index (κ1) is 15.9.